The van der Waals surface area contributed by atoms with E-state index in [-0.39, 0.29) is 0 Å². The zero-order valence-corrected chi connectivity index (χ0v) is 8.41. The standard InChI is InChI=1S/C8H6S3/c1-5-2-3-6-7(4-5)11-8(9)10-6/h2-4H,1H3. The second kappa shape index (κ2) is 2.66. The minimum absolute atomic E-state index is 1.02. The lowest BCUT2D eigenvalue weighted by Crippen LogP contribution is -1.65. The number of hydrogen-bond acceptors (Lipinski definition) is 3. The van der Waals surface area contributed by atoms with Crippen molar-refractivity contribution in [3.05, 3.63) is 26.9 Å². The molecule has 0 radical (unpaired) electrons. The fourth-order valence-electron chi connectivity index (χ4n) is 0.980. The van der Waals surface area contributed by atoms with Crippen LogP contribution in [0.4, 0.5) is 0 Å². The summed E-state index contributed by atoms with van der Waals surface area (Å²) in [7, 11) is 0. The lowest BCUT2D eigenvalue weighted by molar-refractivity contribution is 1.52. The highest BCUT2D eigenvalue weighted by Crippen LogP contribution is 2.28. The molecule has 0 fully saturated rings. The van der Waals surface area contributed by atoms with Crippen molar-refractivity contribution in [1.82, 2.24) is 0 Å². The Hall–Kier alpha value is -0.250. The zero-order chi connectivity index (χ0) is 7.84. The molecule has 0 nitrogen and oxygen atoms in total. The summed E-state index contributed by atoms with van der Waals surface area (Å²) in [6, 6.07) is 6.45. The number of benzene rings is 1. The van der Waals surface area contributed by atoms with Crippen molar-refractivity contribution in [3.8, 4) is 0 Å². The van der Waals surface area contributed by atoms with Crippen molar-refractivity contribution >= 4 is 44.3 Å². The Bertz CT molecular complexity index is 436. The first-order valence-corrected chi connectivity index (χ1v) is 5.30. The van der Waals surface area contributed by atoms with Crippen molar-refractivity contribution < 1.29 is 0 Å². The van der Waals surface area contributed by atoms with Crippen LogP contribution in [0.1, 0.15) is 5.56 Å². The Labute approximate surface area is 78.1 Å². The molecule has 3 heteroatoms. The van der Waals surface area contributed by atoms with E-state index in [1.807, 2.05) is 0 Å². The Morgan fingerprint density at radius 3 is 2.73 bits per heavy atom. The van der Waals surface area contributed by atoms with Crippen LogP contribution in [0.5, 0.6) is 0 Å². The summed E-state index contributed by atoms with van der Waals surface area (Å²) in [6.45, 7) is 2.10. The van der Waals surface area contributed by atoms with Gasteiger partial charge in [0.15, 0.2) is 0 Å². The van der Waals surface area contributed by atoms with Gasteiger partial charge in [-0.1, -0.05) is 18.3 Å². The van der Waals surface area contributed by atoms with Gasteiger partial charge in [0.2, 0.25) is 0 Å². The Morgan fingerprint density at radius 1 is 1.18 bits per heavy atom. The molecule has 0 spiro atoms. The Kier molecular flexibility index (Phi) is 1.79. The summed E-state index contributed by atoms with van der Waals surface area (Å²) in [5, 5.41) is 0. The second-order valence-corrected chi connectivity index (χ2v) is 5.69. The van der Waals surface area contributed by atoms with Gasteiger partial charge in [0, 0.05) is 9.40 Å². The van der Waals surface area contributed by atoms with E-state index in [1.54, 1.807) is 22.7 Å². The molecule has 1 aromatic heterocycles. The maximum atomic E-state index is 5.09. The Balaban J connectivity index is 2.92. The molecule has 0 aliphatic carbocycles. The number of rotatable bonds is 0. The van der Waals surface area contributed by atoms with E-state index in [4.69, 9.17) is 12.2 Å². The first kappa shape index (κ1) is 7.40. The number of aryl methyl sites for hydroxylation is 1. The van der Waals surface area contributed by atoms with E-state index >= 15 is 0 Å². The monoisotopic (exact) mass is 198 g/mol. The average Bonchev–Trinajstić information content (AvgIpc) is 2.27. The van der Waals surface area contributed by atoms with Crippen molar-refractivity contribution in [2.45, 2.75) is 6.92 Å². The van der Waals surface area contributed by atoms with E-state index in [9.17, 15) is 0 Å². The zero-order valence-electron chi connectivity index (χ0n) is 5.96. The summed E-state index contributed by atoms with van der Waals surface area (Å²) in [5.74, 6) is 0. The highest BCUT2D eigenvalue weighted by Gasteiger charge is 1.96. The van der Waals surface area contributed by atoms with Gasteiger partial charge in [-0.25, -0.2) is 0 Å². The minimum atomic E-state index is 1.02. The second-order valence-electron chi connectivity index (χ2n) is 2.40. The van der Waals surface area contributed by atoms with Gasteiger partial charge >= 0.3 is 0 Å². The van der Waals surface area contributed by atoms with Crippen LogP contribution in [0.15, 0.2) is 18.2 Å². The van der Waals surface area contributed by atoms with Gasteiger partial charge in [0.05, 0.1) is 0 Å². The van der Waals surface area contributed by atoms with Gasteiger partial charge in [0.25, 0.3) is 0 Å². The molecule has 0 saturated carbocycles. The van der Waals surface area contributed by atoms with Gasteiger partial charge in [0.1, 0.15) is 3.14 Å². The fourth-order valence-corrected chi connectivity index (χ4v) is 3.54. The molecule has 0 atom stereocenters. The predicted octanol–water partition coefficient (Wildman–Crippen LogP) is 4.00. The third-order valence-corrected chi connectivity index (χ3v) is 4.08. The smallest absolute Gasteiger partial charge is 0.113 e. The maximum Gasteiger partial charge on any atom is 0.144 e. The van der Waals surface area contributed by atoms with Crippen molar-refractivity contribution in [2.24, 2.45) is 0 Å². The van der Waals surface area contributed by atoms with Gasteiger partial charge < -0.3 is 0 Å². The van der Waals surface area contributed by atoms with Crippen LogP contribution in [0.2, 0.25) is 0 Å². The molecule has 56 valence electrons. The molecule has 1 heterocycles. The summed E-state index contributed by atoms with van der Waals surface area (Å²) < 4.78 is 3.65. The molecular formula is C8H6S3. The molecule has 2 aromatic rings. The van der Waals surface area contributed by atoms with Crippen molar-refractivity contribution in [2.75, 3.05) is 0 Å². The molecule has 1 aromatic carbocycles. The van der Waals surface area contributed by atoms with Gasteiger partial charge in [-0.05, 0) is 24.6 Å². The molecule has 0 aliphatic rings. The molecule has 0 amide bonds. The highest BCUT2D eigenvalue weighted by molar-refractivity contribution is 7.77. The molecule has 2 rings (SSSR count). The van der Waals surface area contributed by atoms with Crippen molar-refractivity contribution in [1.29, 1.82) is 0 Å². The van der Waals surface area contributed by atoms with Crippen LogP contribution in [-0.2, 0) is 0 Å². The van der Waals surface area contributed by atoms with Crippen LogP contribution in [-0.4, -0.2) is 0 Å². The number of hydrogen-bond donors (Lipinski definition) is 0. The normalized spacial score (nSPS) is 10.6. The van der Waals surface area contributed by atoms with Crippen LogP contribution in [0.25, 0.3) is 9.40 Å². The Morgan fingerprint density at radius 2 is 1.91 bits per heavy atom. The van der Waals surface area contributed by atoms with E-state index in [1.165, 1.54) is 15.0 Å². The largest absolute Gasteiger partial charge is 0.144 e. The topological polar surface area (TPSA) is 0 Å². The lowest BCUT2D eigenvalue weighted by Gasteiger charge is -1.88. The molecule has 11 heavy (non-hydrogen) atoms. The fraction of sp³-hybridized carbons (Fsp3) is 0.125. The molecular weight excluding hydrogens is 192 g/mol. The third-order valence-electron chi connectivity index (χ3n) is 1.49. The lowest BCUT2D eigenvalue weighted by atomic mass is 10.2. The van der Waals surface area contributed by atoms with E-state index < -0.39 is 0 Å². The summed E-state index contributed by atoms with van der Waals surface area (Å²) in [6.07, 6.45) is 0. The molecule has 0 saturated heterocycles. The van der Waals surface area contributed by atoms with Crippen LogP contribution >= 0.6 is 34.9 Å². The third kappa shape index (κ3) is 1.36. The van der Waals surface area contributed by atoms with Crippen LogP contribution < -0.4 is 0 Å². The van der Waals surface area contributed by atoms with Crippen LogP contribution in [0.3, 0.4) is 0 Å². The van der Waals surface area contributed by atoms with Crippen molar-refractivity contribution in [3.63, 3.8) is 0 Å². The summed E-state index contributed by atoms with van der Waals surface area (Å²) >= 11 is 8.49. The molecule has 0 unspecified atom stereocenters. The first-order valence-electron chi connectivity index (χ1n) is 3.26. The minimum Gasteiger partial charge on any atom is -0.113 e. The van der Waals surface area contributed by atoms with E-state index in [0.717, 1.165) is 3.14 Å². The number of fused-ring (bicyclic) bond motifs is 1. The summed E-state index contributed by atoms with van der Waals surface area (Å²) in [4.78, 5) is 0. The van der Waals surface area contributed by atoms with E-state index in [0.29, 0.717) is 0 Å². The van der Waals surface area contributed by atoms with Gasteiger partial charge in [-0.15, -0.1) is 22.7 Å². The highest BCUT2D eigenvalue weighted by atomic mass is 32.2. The van der Waals surface area contributed by atoms with Crippen LogP contribution in [0, 0.1) is 10.1 Å². The molecule has 0 N–H and O–H groups in total. The molecule has 0 aliphatic heterocycles. The summed E-state index contributed by atoms with van der Waals surface area (Å²) in [5.41, 5.74) is 1.31. The van der Waals surface area contributed by atoms with E-state index in [2.05, 4.69) is 25.1 Å². The van der Waals surface area contributed by atoms with Gasteiger partial charge in [-0.3, -0.25) is 0 Å². The average molecular weight is 198 g/mol. The predicted molar refractivity (Wildman–Crippen MR) is 55.3 cm³/mol. The first-order chi connectivity index (χ1) is 5.25. The van der Waals surface area contributed by atoms with Gasteiger partial charge in [-0.2, -0.15) is 0 Å². The SMILES string of the molecule is Cc1ccc2sc(=S)sc2c1. The molecule has 0 bridgehead atoms. The quantitative estimate of drug-likeness (QED) is 0.577. The maximum absolute atomic E-state index is 5.09.